The third-order valence-corrected chi connectivity index (χ3v) is 3.20. The summed E-state index contributed by atoms with van der Waals surface area (Å²) in [6.45, 7) is 3.71. The molecule has 3 rings (SSSR count). The van der Waals surface area contributed by atoms with Crippen LogP contribution in [0.15, 0.2) is 40.8 Å². The minimum absolute atomic E-state index is 0.380. The Morgan fingerprint density at radius 2 is 1.76 bits per heavy atom. The van der Waals surface area contributed by atoms with Gasteiger partial charge in [-0.05, 0) is 25.5 Å². The molecule has 3 aromatic rings. The topological polar surface area (TPSA) is 90.7 Å². The first-order chi connectivity index (χ1) is 10.1. The van der Waals surface area contributed by atoms with Crippen molar-refractivity contribution in [1.82, 2.24) is 20.4 Å². The molecule has 0 spiro atoms. The van der Waals surface area contributed by atoms with E-state index >= 15 is 0 Å². The molecule has 0 amide bonds. The lowest BCUT2D eigenvalue weighted by molar-refractivity contribution is 0.483. The predicted octanol–water partition coefficient (Wildman–Crippen LogP) is 2.19. The molecule has 0 aliphatic heterocycles. The van der Waals surface area contributed by atoms with Crippen molar-refractivity contribution < 1.29 is 4.42 Å². The summed E-state index contributed by atoms with van der Waals surface area (Å²) >= 11 is 0. The molecule has 0 saturated carbocycles. The van der Waals surface area contributed by atoms with E-state index in [4.69, 9.17) is 10.2 Å². The van der Waals surface area contributed by atoms with Crippen LogP contribution in [0, 0.1) is 13.8 Å². The van der Waals surface area contributed by atoms with E-state index in [2.05, 4.69) is 20.4 Å². The van der Waals surface area contributed by atoms with E-state index < -0.39 is 6.04 Å². The van der Waals surface area contributed by atoms with Crippen molar-refractivity contribution in [1.29, 1.82) is 0 Å². The maximum atomic E-state index is 6.15. The van der Waals surface area contributed by atoms with Crippen molar-refractivity contribution in [3.8, 4) is 11.5 Å². The van der Waals surface area contributed by atoms with Crippen molar-refractivity contribution in [3.05, 3.63) is 59.2 Å². The Hall–Kier alpha value is -2.60. The quantitative estimate of drug-likeness (QED) is 0.791. The fourth-order valence-corrected chi connectivity index (χ4v) is 2.04. The van der Waals surface area contributed by atoms with Crippen LogP contribution in [0.4, 0.5) is 0 Å². The molecule has 2 N–H and O–H groups in total. The Morgan fingerprint density at radius 1 is 1.00 bits per heavy atom. The predicted molar refractivity (Wildman–Crippen MR) is 77.3 cm³/mol. The maximum absolute atomic E-state index is 6.15. The minimum atomic E-state index is -0.441. The molecule has 21 heavy (non-hydrogen) atoms. The SMILES string of the molecule is Cc1cc(-c2nnc(C(N)c3ccccc3)o2)c(C)nn1. The molecule has 1 atom stereocenters. The second kappa shape index (κ2) is 5.41. The van der Waals surface area contributed by atoms with Gasteiger partial charge in [0.1, 0.15) is 6.04 Å². The molecule has 0 aliphatic carbocycles. The molecule has 0 saturated heterocycles. The van der Waals surface area contributed by atoms with Gasteiger partial charge in [-0.15, -0.1) is 10.2 Å². The lowest BCUT2D eigenvalue weighted by Gasteiger charge is -2.06. The Bertz CT molecular complexity index is 754. The third-order valence-electron chi connectivity index (χ3n) is 3.20. The van der Waals surface area contributed by atoms with Crippen LogP contribution < -0.4 is 5.73 Å². The summed E-state index contributed by atoms with van der Waals surface area (Å²) < 4.78 is 5.71. The number of benzene rings is 1. The number of aryl methyl sites for hydroxylation is 2. The van der Waals surface area contributed by atoms with Gasteiger partial charge in [-0.2, -0.15) is 10.2 Å². The normalized spacial score (nSPS) is 12.3. The summed E-state index contributed by atoms with van der Waals surface area (Å²) in [7, 11) is 0. The van der Waals surface area contributed by atoms with Crippen LogP contribution in [0.5, 0.6) is 0 Å². The van der Waals surface area contributed by atoms with Crippen LogP contribution in [0.25, 0.3) is 11.5 Å². The molecule has 0 aliphatic rings. The van der Waals surface area contributed by atoms with E-state index in [-0.39, 0.29) is 0 Å². The van der Waals surface area contributed by atoms with Crippen LogP contribution >= 0.6 is 0 Å². The molecule has 0 fully saturated rings. The van der Waals surface area contributed by atoms with Crippen LogP contribution in [0.1, 0.15) is 28.9 Å². The summed E-state index contributed by atoms with van der Waals surface area (Å²) in [6, 6.07) is 11.1. The van der Waals surface area contributed by atoms with Crippen LogP contribution in [0.2, 0.25) is 0 Å². The number of nitrogens with zero attached hydrogens (tertiary/aromatic N) is 4. The zero-order valence-corrected chi connectivity index (χ0v) is 11.8. The molecule has 6 heteroatoms. The number of hydrogen-bond donors (Lipinski definition) is 1. The highest BCUT2D eigenvalue weighted by Crippen LogP contribution is 2.24. The molecule has 2 heterocycles. The molecule has 2 aromatic heterocycles. The number of nitrogens with two attached hydrogens (primary N) is 1. The van der Waals surface area contributed by atoms with E-state index in [1.54, 1.807) is 0 Å². The number of aromatic nitrogens is 4. The molecular weight excluding hydrogens is 266 g/mol. The van der Waals surface area contributed by atoms with Crippen LogP contribution in [-0.4, -0.2) is 20.4 Å². The van der Waals surface area contributed by atoms with E-state index in [9.17, 15) is 0 Å². The van der Waals surface area contributed by atoms with Crippen LogP contribution in [-0.2, 0) is 0 Å². The number of hydrogen-bond acceptors (Lipinski definition) is 6. The molecule has 1 aromatic carbocycles. The summed E-state index contributed by atoms with van der Waals surface area (Å²) in [5, 5.41) is 16.2. The Morgan fingerprint density at radius 3 is 2.52 bits per heavy atom. The van der Waals surface area contributed by atoms with Crippen molar-refractivity contribution in [2.24, 2.45) is 5.73 Å². The van der Waals surface area contributed by atoms with Crippen molar-refractivity contribution in [2.45, 2.75) is 19.9 Å². The Kier molecular flexibility index (Phi) is 3.45. The molecule has 1 unspecified atom stereocenters. The van der Waals surface area contributed by atoms with Gasteiger partial charge in [0.25, 0.3) is 0 Å². The second-order valence-corrected chi connectivity index (χ2v) is 4.82. The highest BCUT2D eigenvalue weighted by atomic mass is 16.4. The fraction of sp³-hybridized carbons (Fsp3) is 0.200. The monoisotopic (exact) mass is 281 g/mol. The van der Waals surface area contributed by atoms with Crippen LogP contribution in [0.3, 0.4) is 0 Å². The molecule has 106 valence electrons. The Labute approximate surface area is 122 Å². The van der Waals surface area contributed by atoms with Gasteiger partial charge in [-0.25, -0.2) is 0 Å². The fourth-order valence-electron chi connectivity index (χ4n) is 2.04. The largest absolute Gasteiger partial charge is 0.419 e. The summed E-state index contributed by atoms with van der Waals surface area (Å²) in [5.41, 5.74) is 9.39. The summed E-state index contributed by atoms with van der Waals surface area (Å²) in [6.07, 6.45) is 0. The van der Waals surface area contributed by atoms with Gasteiger partial charge >= 0.3 is 0 Å². The van der Waals surface area contributed by atoms with Gasteiger partial charge < -0.3 is 10.2 Å². The van der Waals surface area contributed by atoms with E-state index in [0.717, 1.165) is 22.5 Å². The maximum Gasteiger partial charge on any atom is 0.249 e. The Balaban J connectivity index is 1.95. The average molecular weight is 281 g/mol. The molecule has 6 nitrogen and oxygen atoms in total. The standard InChI is InChI=1S/C15H15N5O/c1-9-8-12(10(2)18-17-9)14-19-20-15(21-14)13(16)11-6-4-3-5-7-11/h3-8,13H,16H2,1-2H3. The first-order valence-corrected chi connectivity index (χ1v) is 6.60. The third kappa shape index (κ3) is 2.66. The highest BCUT2D eigenvalue weighted by molar-refractivity contribution is 5.55. The van der Waals surface area contributed by atoms with Gasteiger partial charge in [0, 0.05) is 0 Å². The van der Waals surface area contributed by atoms with E-state index in [1.807, 2.05) is 50.2 Å². The van der Waals surface area contributed by atoms with Gasteiger partial charge in [-0.1, -0.05) is 30.3 Å². The number of rotatable bonds is 3. The molecule has 0 bridgehead atoms. The molecule has 0 radical (unpaired) electrons. The smallest absolute Gasteiger partial charge is 0.249 e. The van der Waals surface area contributed by atoms with Crippen molar-refractivity contribution in [2.75, 3.05) is 0 Å². The van der Waals surface area contributed by atoms with Gasteiger partial charge in [-0.3, -0.25) is 0 Å². The van der Waals surface area contributed by atoms with Gasteiger partial charge in [0.05, 0.1) is 17.0 Å². The first kappa shape index (κ1) is 13.4. The zero-order valence-electron chi connectivity index (χ0n) is 11.8. The highest BCUT2D eigenvalue weighted by Gasteiger charge is 2.18. The molecular formula is C15H15N5O. The van der Waals surface area contributed by atoms with Gasteiger partial charge in [0.2, 0.25) is 11.8 Å². The van der Waals surface area contributed by atoms with Crippen molar-refractivity contribution >= 4 is 0 Å². The van der Waals surface area contributed by atoms with Crippen molar-refractivity contribution in [3.63, 3.8) is 0 Å². The lowest BCUT2D eigenvalue weighted by Crippen LogP contribution is -2.11. The summed E-state index contributed by atoms with van der Waals surface area (Å²) in [4.78, 5) is 0. The minimum Gasteiger partial charge on any atom is -0.419 e. The van der Waals surface area contributed by atoms with E-state index in [0.29, 0.717) is 11.8 Å². The first-order valence-electron chi connectivity index (χ1n) is 6.60. The van der Waals surface area contributed by atoms with E-state index in [1.165, 1.54) is 0 Å². The summed E-state index contributed by atoms with van der Waals surface area (Å²) in [5.74, 6) is 0.789. The zero-order chi connectivity index (χ0) is 14.8. The average Bonchev–Trinajstić information content (AvgIpc) is 2.99. The lowest BCUT2D eigenvalue weighted by atomic mass is 10.1. The second-order valence-electron chi connectivity index (χ2n) is 4.82. The van der Waals surface area contributed by atoms with Gasteiger partial charge in [0.15, 0.2) is 0 Å².